The molecule has 15 heavy (non-hydrogen) atoms. The Bertz CT molecular complexity index is 315. The third-order valence-electron chi connectivity index (χ3n) is 2.55. The summed E-state index contributed by atoms with van der Waals surface area (Å²) in [6.07, 6.45) is 2.83. The molecule has 0 bridgehead atoms. The maximum atomic E-state index is 5.73. The Morgan fingerprint density at radius 3 is 3.00 bits per heavy atom. The van der Waals surface area contributed by atoms with Crippen LogP contribution in [-0.2, 0) is 0 Å². The molecule has 1 aliphatic heterocycles. The van der Waals surface area contributed by atoms with Gasteiger partial charge in [-0.25, -0.2) is 9.97 Å². The molecule has 1 aliphatic rings. The number of nitrogens with zero attached hydrogens (tertiary/aromatic N) is 3. The molecular formula is C9H14Cl2N4. The average molecular weight is 249 g/mol. The fourth-order valence-corrected chi connectivity index (χ4v) is 1.82. The number of likely N-dealkylation sites (N-methyl/N-ethyl adjacent to an activating group) is 1. The number of aromatic nitrogens is 2. The van der Waals surface area contributed by atoms with Crippen molar-refractivity contribution in [3.05, 3.63) is 17.5 Å². The van der Waals surface area contributed by atoms with Crippen LogP contribution in [0.25, 0.3) is 0 Å². The topological polar surface area (TPSA) is 41.1 Å². The van der Waals surface area contributed by atoms with E-state index < -0.39 is 0 Å². The molecule has 1 aromatic heterocycles. The summed E-state index contributed by atoms with van der Waals surface area (Å²) in [4.78, 5) is 10.2. The monoisotopic (exact) mass is 248 g/mol. The molecule has 0 spiro atoms. The van der Waals surface area contributed by atoms with Crippen LogP contribution in [0.2, 0.25) is 5.28 Å². The van der Waals surface area contributed by atoms with Gasteiger partial charge in [-0.3, -0.25) is 0 Å². The van der Waals surface area contributed by atoms with Gasteiger partial charge in [-0.2, -0.15) is 0 Å². The quantitative estimate of drug-likeness (QED) is 0.803. The fourth-order valence-electron chi connectivity index (χ4n) is 1.68. The van der Waals surface area contributed by atoms with Gasteiger partial charge in [-0.15, -0.1) is 12.4 Å². The largest absolute Gasteiger partial charge is 0.355 e. The van der Waals surface area contributed by atoms with Gasteiger partial charge in [0.1, 0.15) is 5.82 Å². The third kappa shape index (κ3) is 2.93. The third-order valence-corrected chi connectivity index (χ3v) is 2.74. The van der Waals surface area contributed by atoms with E-state index in [1.807, 2.05) is 13.1 Å². The van der Waals surface area contributed by atoms with Gasteiger partial charge >= 0.3 is 0 Å². The Morgan fingerprint density at radius 2 is 2.40 bits per heavy atom. The molecule has 6 heteroatoms. The average Bonchev–Trinajstić information content (AvgIpc) is 2.69. The minimum atomic E-state index is 0. The first kappa shape index (κ1) is 12.5. The molecule has 0 amide bonds. The van der Waals surface area contributed by atoms with E-state index in [2.05, 4.69) is 20.2 Å². The van der Waals surface area contributed by atoms with Crippen molar-refractivity contribution in [2.24, 2.45) is 0 Å². The predicted molar refractivity (Wildman–Crippen MR) is 64.0 cm³/mol. The van der Waals surface area contributed by atoms with E-state index in [1.54, 1.807) is 6.20 Å². The maximum Gasteiger partial charge on any atom is 0.224 e. The van der Waals surface area contributed by atoms with Gasteiger partial charge in [0, 0.05) is 25.8 Å². The molecule has 1 unspecified atom stereocenters. The van der Waals surface area contributed by atoms with E-state index in [9.17, 15) is 0 Å². The number of hydrogen-bond donors (Lipinski definition) is 1. The van der Waals surface area contributed by atoms with Crippen LogP contribution in [-0.4, -0.2) is 36.1 Å². The minimum absolute atomic E-state index is 0. The van der Waals surface area contributed by atoms with Crippen LogP contribution in [0.5, 0.6) is 0 Å². The molecule has 4 nitrogen and oxygen atoms in total. The Balaban J connectivity index is 0.00000112. The smallest absolute Gasteiger partial charge is 0.224 e. The van der Waals surface area contributed by atoms with Crippen LogP contribution in [0.15, 0.2) is 12.3 Å². The second-order valence-electron chi connectivity index (χ2n) is 3.44. The van der Waals surface area contributed by atoms with Crippen LogP contribution in [0, 0.1) is 0 Å². The van der Waals surface area contributed by atoms with Crippen molar-refractivity contribution in [3.63, 3.8) is 0 Å². The van der Waals surface area contributed by atoms with Crippen molar-refractivity contribution < 1.29 is 0 Å². The zero-order chi connectivity index (χ0) is 9.97. The van der Waals surface area contributed by atoms with E-state index in [0.29, 0.717) is 11.3 Å². The summed E-state index contributed by atoms with van der Waals surface area (Å²) in [7, 11) is 2.04. The second kappa shape index (κ2) is 5.49. The van der Waals surface area contributed by atoms with Gasteiger partial charge < -0.3 is 10.2 Å². The van der Waals surface area contributed by atoms with Crippen molar-refractivity contribution in [2.75, 3.05) is 25.0 Å². The lowest BCUT2D eigenvalue weighted by Gasteiger charge is -2.24. The van der Waals surface area contributed by atoms with Crippen LogP contribution in [0.4, 0.5) is 5.82 Å². The number of hydrogen-bond acceptors (Lipinski definition) is 4. The van der Waals surface area contributed by atoms with Gasteiger partial charge in [-0.1, -0.05) is 0 Å². The summed E-state index contributed by atoms with van der Waals surface area (Å²) < 4.78 is 0. The molecule has 1 saturated heterocycles. The lowest BCUT2D eigenvalue weighted by atomic mass is 10.2. The zero-order valence-electron chi connectivity index (χ0n) is 8.48. The Labute approximate surface area is 100 Å². The molecular weight excluding hydrogens is 235 g/mol. The molecule has 2 heterocycles. The van der Waals surface area contributed by atoms with Gasteiger partial charge in [0.2, 0.25) is 5.28 Å². The SMILES string of the molecule is CN(c1ccnc(Cl)n1)C1CCNC1.Cl. The highest BCUT2D eigenvalue weighted by atomic mass is 35.5. The molecule has 2 rings (SSSR count). The van der Waals surface area contributed by atoms with E-state index in [-0.39, 0.29) is 12.4 Å². The summed E-state index contributed by atoms with van der Waals surface area (Å²) in [5.74, 6) is 0.888. The van der Waals surface area contributed by atoms with Gasteiger partial charge in [0.15, 0.2) is 0 Å². The van der Waals surface area contributed by atoms with Crippen LogP contribution >= 0.6 is 24.0 Å². The van der Waals surface area contributed by atoms with Crippen LogP contribution in [0.1, 0.15) is 6.42 Å². The fraction of sp³-hybridized carbons (Fsp3) is 0.556. The van der Waals surface area contributed by atoms with E-state index in [4.69, 9.17) is 11.6 Å². The summed E-state index contributed by atoms with van der Waals surface area (Å²) in [6, 6.07) is 2.39. The molecule has 0 aromatic carbocycles. The lowest BCUT2D eigenvalue weighted by molar-refractivity contribution is 0.677. The molecule has 1 N–H and O–H groups in total. The molecule has 1 aromatic rings. The normalized spacial score (nSPS) is 19.7. The zero-order valence-corrected chi connectivity index (χ0v) is 10.1. The lowest BCUT2D eigenvalue weighted by Crippen LogP contribution is -2.33. The van der Waals surface area contributed by atoms with Crippen molar-refractivity contribution in [3.8, 4) is 0 Å². The van der Waals surface area contributed by atoms with E-state index in [1.165, 1.54) is 0 Å². The Kier molecular flexibility index (Phi) is 4.57. The number of nitrogens with one attached hydrogen (secondary N) is 1. The molecule has 1 atom stereocenters. The Hall–Kier alpha value is -0.580. The highest BCUT2D eigenvalue weighted by molar-refractivity contribution is 6.28. The van der Waals surface area contributed by atoms with Crippen LogP contribution < -0.4 is 10.2 Å². The number of halogens is 2. The van der Waals surface area contributed by atoms with Crippen molar-refractivity contribution in [1.29, 1.82) is 0 Å². The summed E-state index contributed by atoms with van der Waals surface area (Å²) in [6.45, 7) is 2.09. The first-order valence-electron chi connectivity index (χ1n) is 4.69. The number of rotatable bonds is 2. The van der Waals surface area contributed by atoms with Gasteiger partial charge in [0.05, 0.1) is 0 Å². The molecule has 0 radical (unpaired) electrons. The number of anilines is 1. The van der Waals surface area contributed by atoms with Crippen molar-refractivity contribution >= 4 is 29.8 Å². The first-order chi connectivity index (χ1) is 6.77. The molecule has 0 saturated carbocycles. The van der Waals surface area contributed by atoms with E-state index >= 15 is 0 Å². The van der Waals surface area contributed by atoms with Gasteiger partial charge in [-0.05, 0) is 30.6 Å². The summed E-state index contributed by atoms with van der Waals surface area (Å²) in [5, 5.41) is 3.63. The first-order valence-corrected chi connectivity index (χ1v) is 5.07. The maximum absolute atomic E-state index is 5.73. The predicted octanol–water partition coefficient (Wildman–Crippen LogP) is 1.35. The second-order valence-corrected chi connectivity index (χ2v) is 3.78. The van der Waals surface area contributed by atoms with Gasteiger partial charge in [0.25, 0.3) is 0 Å². The highest BCUT2D eigenvalue weighted by Gasteiger charge is 2.20. The molecule has 1 fully saturated rings. The summed E-state index contributed by atoms with van der Waals surface area (Å²) in [5.41, 5.74) is 0. The van der Waals surface area contributed by atoms with Crippen molar-refractivity contribution in [2.45, 2.75) is 12.5 Å². The standard InChI is InChI=1S/C9H13ClN4.ClH/c1-14(7-2-4-11-6-7)8-3-5-12-9(10)13-8;/h3,5,7,11H,2,4,6H2,1H3;1H. The van der Waals surface area contributed by atoms with Crippen LogP contribution in [0.3, 0.4) is 0 Å². The minimum Gasteiger partial charge on any atom is -0.355 e. The molecule has 0 aliphatic carbocycles. The highest BCUT2D eigenvalue weighted by Crippen LogP contribution is 2.16. The van der Waals surface area contributed by atoms with Crippen molar-refractivity contribution in [1.82, 2.24) is 15.3 Å². The summed E-state index contributed by atoms with van der Waals surface area (Å²) >= 11 is 5.73. The Morgan fingerprint density at radius 1 is 1.60 bits per heavy atom. The van der Waals surface area contributed by atoms with E-state index in [0.717, 1.165) is 25.3 Å². The molecule has 84 valence electrons.